The van der Waals surface area contributed by atoms with Crippen LogP contribution in [0.25, 0.3) is 0 Å². The maximum absolute atomic E-state index is 9.68. The third kappa shape index (κ3) is 4.56. The van der Waals surface area contributed by atoms with Gasteiger partial charge in [-0.05, 0) is 30.7 Å². The molecule has 0 spiro atoms. The summed E-state index contributed by atoms with van der Waals surface area (Å²) in [6.45, 7) is 3.21. The second-order valence-corrected chi connectivity index (χ2v) is 6.00. The van der Waals surface area contributed by atoms with E-state index in [0.29, 0.717) is 13.2 Å². The van der Waals surface area contributed by atoms with Gasteiger partial charge in [0.25, 0.3) is 0 Å². The van der Waals surface area contributed by atoms with Crippen LogP contribution in [-0.4, -0.2) is 24.9 Å². The first kappa shape index (κ1) is 16.0. The van der Waals surface area contributed by atoms with Crippen LogP contribution in [0.5, 0.6) is 5.75 Å². The number of hydrogen-bond donors (Lipinski definition) is 2. The quantitative estimate of drug-likeness (QED) is 0.753. The third-order valence-electron chi connectivity index (χ3n) is 3.41. The summed E-state index contributed by atoms with van der Waals surface area (Å²) in [6, 6.07) is 17.7. The van der Waals surface area contributed by atoms with Crippen LogP contribution in [0.1, 0.15) is 12.5 Å². The molecule has 0 amide bonds. The summed E-state index contributed by atoms with van der Waals surface area (Å²) in [5.41, 5.74) is 0.608. The standard InChI is InChI=1S/C17H20BrNO2/c1-17(13-20,14-6-3-2-4-7-14)19-10-11-21-16-9-5-8-15(18)12-16/h2-9,12,19-20H,10-11,13H2,1H3. The number of hydrogen-bond acceptors (Lipinski definition) is 3. The summed E-state index contributed by atoms with van der Waals surface area (Å²) in [5, 5.41) is 13.0. The summed E-state index contributed by atoms with van der Waals surface area (Å²) in [6.07, 6.45) is 0. The van der Waals surface area contributed by atoms with Crippen molar-refractivity contribution in [3.05, 3.63) is 64.6 Å². The number of benzene rings is 2. The lowest BCUT2D eigenvalue weighted by atomic mass is 9.93. The number of rotatable bonds is 7. The van der Waals surface area contributed by atoms with E-state index in [2.05, 4.69) is 21.2 Å². The van der Waals surface area contributed by atoms with Crippen molar-refractivity contribution in [3.63, 3.8) is 0 Å². The summed E-state index contributed by atoms with van der Waals surface area (Å²) < 4.78 is 6.69. The lowest BCUT2D eigenvalue weighted by molar-refractivity contribution is 0.167. The van der Waals surface area contributed by atoms with Gasteiger partial charge in [-0.1, -0.05) is 52.3 Å². The Hall–Kier alpha value is -1.36. The van der Waals surface area contributed by atoms with E-state index >= 15 is 0 Å². The first-order chi connectivity index (χ1) is 10.1. The summed E-state index contributed by atoms with van der Waals surface area (Å²) >= 11 is 3.42. The van der Waals surface area contributed by atoms with Crippen LogP contribution in [0.2, 0.25) is 0 Å². The molecule has 0 aliphatic rings. The summed E-state index contributed by atoms with van der Waals surface area (Å²) in [5.74, 6) is 0.830. The van der Waals surface area contributed by atoms with Crippen molar-refractivity contribution >= 4 is 15.9 Å². The predicted octanol–water partition coefficient (Wildman–Crippen LogP) is 3.33. The second kappa shape index (κ2) is 7.59. The van der Waals surface area contributed by atoms with Gasteiger partial charge in [0.15, 0.2) is 0 Å². The van der Waals surface area contributed by atoms with Crippen LogP contribution >= 0.6 is 15.9 Å². The van der Waals surface area contributed by atoms with Crippen molar-refractivity contribution in [2.75, 3.05) is 19.8 Å². The van der Waals surface area contributed by atoms with Crippen molar-refractivity contribution in [2.45, 2.75) is 12.5 Å². The molecule has 112 valence electrons. The highest BCUT2D eigenvalue weighted by molar-refractivity contribution is 9.10. The zero-order chi connectivity index (χ0) is 15.1. The average Bonchev–Trinajstić information content (AvgIpc) is 2.52. The van der Waals surface area contributed by atoms with E-state index in [4.69, 9.17) is 4.74 Å². The fraction of sp³-hybridized carbons (Fsp3) is 0.294. The van der Waals surface area contributed by atoms with Crippen molar-refractivity contribution in [1.82, 2.24) is 5.32 Å². The molecule has 0 aliphatic carbocycles. The smallest absolute Gasteiger partial charge is 0.120 e. The van der Waals surface area contributed by atoms with Gasteiger partial charge in [0, 0.05) is 11.0 Å². The van der Waals surface area contributed by atoms with E-state index in [9.17, 15) is 5.11 Å². The minimum atomic E-state index is -0.456. The van der Waals surface area contributed by atoms with E-state index in [0.717, 1.165) is 15.8 Å². The van der Waals surface area contributed by atoms with Crippen molar-refractivity contribution < 1.29 is 9.84 Å². The predicted molar refractivity (Wildman–Crippen MR) is 88.5 cm³/mol. The highest BCUT2D eigenvalue weighted by Crippen LogP contribution is 2.20. The molecule has 4 heteroatoms. The van der Waals surface area contributed by atoms with Crippen LogP contribution < -0.4 is 10.1 Å². The van der Waals surface area contributed by atoms with Gasteiger partial charge in [0.05, 0.1) is 12.1 Å². The lowest BCUT2D eigenvalue weighted by Crippen LogP contribution is -2.44. The van der Waals surface area contributed by atoms with E-state index in [1.807, 2.05) is 61.5 Å². The van der Waals surface area contributed by atoms with Crippen molar-refractivity contribution in [1.29, 1.82) is 0 Å². The number of ether oxygens (including phenoxy) is 1. The fourth-order valence-electron chi connectivity index (χ4n) is 2.11. The first-order valence-corrected chi connectivity index (χ1v) is 7.73. The van der Waals surface area contributed by atoms with E-state index in [1.165, 1.54) is 0 Å². The largest absolute Gasteiger partial charge is 0.492 e. The molecule has 0 aliphatic heterocycles. The molecule has 2 N–H and O–H groups in total. The normalized spacial score (nSPS) is 13.7. The molecule has 0 aromatic heterocycles. The molecule has 1 atom stereocenters. The Morgan fingerprint density at radius 3 is 2.57 bits per heavy atom. The van der Waals surface area contributed by atoms with Crippen LogP contribution in [-0.2, 0) is 5.54 Å². The van der Waals surface area contributed by atoms with Crippen molar-refractivity contribution in [2.24, 2.45) is 0 Å². The molecule has 21 heavy (non-hydrogen) atoms. The Kier molecular flexibility index (Phi) is 5.79. The molecule has 2 rings (SSSR count). The highest BCUT2D eigenvalue weighted by Gasteiger charge is 2.24. The summed E-state index contributed by atoms with van der Waals surface area (Å²) in [4.78, 5) is 0. The first-order valence-electron chi connectivity index (χ1n) is 6.94. The maximum atomic E-state index is 9.68. The molecule has 2 aromatic rings. The molecule has 0 bridgehead atoms. The van der Waals surface area contributed by atoms with Gasteiger partial charge in [-0.25, -0.2) is 0 Å². The molecule has 2 aromatic carbocycles. The number of aliphatic hydroxyl groups excluding tert-OH is 1. The number of halogens is 1. The molecule has 0 radical (unpaired) electrons. The van der Waals surface area contributed by atoms with E-state index < -0.39 is 5.54 Å². The molecule has 0 saturated carbocycles. The Bertz CT molecular complexity index is 562. The van der Waals surface area contributed by atoms with Crippen molar-refractivity contribution in [3.8, 4) is 5.75 Å². The van der Waals surface area contributed by atoms with Gasteiger partial charge < -0.3 is 15.2 Å². The van der Waals surface area contributed by atoms with Gasteiger partial charge in [-0.3, -0.25) is 0 Å². The van der Waals surface area contributed by atoms with Crippen LogP contribution in [0, 0.1) is 0 Å². The minimum absolute atomic E-state index is 0.0356. The van der Waals surface area contributed by atoms with Crippen LogP contribution in [0.15, 0.2) is 59.1 Å². The lowest BCUT2D eigenvalue weighted by Gasteiger charge is -2.29. The SMILES string of the molecule is CC(CO)(NCCOc1cccc(Br)c1)c1ccccc1. The molecular weight excluding hydrogens is 330 g/mol. The maximum Gasteiger partial charge on any atom is 0.120 e. The topological polar surface area (TPSA) is 41.5 Å². The van der Waals surface area contributed by atoms with Gasteiger partial charge >= 0.3 is 0 Å². The molecule has 1 unspecified atom stereocenters. The zero-order valence-corrected chi connectivity index (χ0v) is 13.6. The molecule has 0 heterocycles. The van der Waals surface area contributed by atoms with Crippen LogP contribution in [0.4, 0.5) is 0 Å². The Morgan fingerprint density at radius 2 is 1.90 bits per heavy atom. The van der Waals surface area contributed by atoms with Gasteiger partial charge in [-0.2, -0.15) is 0 Å². The number of nitrogens with one attached hydrogen (secondary N) is 1. The van der Waals surface area contributed by atoms with Crippen LogP contribution in [0.3, 0.4) is 0 Å². The molecular formula is C17H20BrNO2. The zero-order valence-electron chi connectivity index (χ0n) is 12.1. The molecule has 0 saturated heterocycles. The van der Waals surface area contributed by atoms with Gasteiger partial charge in [-0.15, -0.1) is 0 Å². The van der Waals surface area contributed by atoms with Gasteiger partial charge in [0.2, 0.25) is 0 Å². The average molecular weight is 350 g/mol. The number of aliphatic hydroxyl groups is 1. The highest BCUT2D eigenvalue weighted by atomic mass is 79.9. The summed E-state index contributed by atoms with van der Waals surface area (Å²) in [7, 11) is 0. The molecule has 3 nitrogen and oxygen atoms in total. The Balaban J connectivity index is 1.86. The van der Waals surface area contributed by atoms with E-state index in [-0.39, 0.29) is 6.61 Å². The monoisotopic (exact) mass is 349 g/mol. The second-order valence-electron chi connectivity index (χ2n) is 5.09. The minimum Gasteiger partial charge on any atom is -0.492 e. The van der Waals surface area contributed by atoms with Gasteiger partial charge in [0.1, 0.15) is 12.4 Å². The van der Waals surface area contributed by atoms with E-state index in [1.54, 1.807) is 0 Å². The Labute approximate surface area is 134 Å². The molecule has 0 fully saturated rings. The third-order valence-corrected chi connectivity index (χ3v) is 3.90. The fourth-order valence-corrected chi connectivity index (χ4v) is 2.49. The Morgan fingerprint density at radius 1 is 1.14 bits per heavy atom.